The van der Waals surface area contributed by atoms with Crippen molar-refractivity contribution in [2.45, 2.75) is 45.1 Å². The van der Waals surface area contributed by atoms with Gasteiger partial charge in [-0.15, -0.1) is 0 Å². The van der Waals surface area contributed by atoms with Gasteiger partial charge < -0.3 is 16.0 Å². The van der Waals surface area contributed by atoms with Gasteiger partial charge in [-0.25, -0.2) is 4.39 Å². The van der Waals surface area contributed by atoms with Crippen LogP contribution in [0.3, 0.4) is 0 Å². The Hall–Kier alpha value is -1.95. The molecule has 2 aliphatic rings. The van der Waals surface area contributed by atoms with Crippen molar-refractivity contribution in [3.8, 4) is 0 Å². The van der Waals surface area contributed by atoms with Crippen molar-refractivity contribution in [3.63, 3.8) is 0 Å². The number of amides is 2. The van der Waals surface area contributed by atoms with Crippen LogP contribution in [0.25, 0.3) is 0 Å². The average Bonchev–Trinajstić information content (AvgIpc) is 2.63. The summed E-state index contributed by atoms with van der Waals surface area (Å²) in [6.45, 7) is 1.27. The molecule has 24 heavy (non-hydrogen) atoms. The normalized spacial score (nSPS) is 17.9. The van der Waals surface area contributed by atoms with Gasteiger partial charge in [0.2, 0.25) is 11.8 Å². The van der Waals surface area contributed by atoms with Crippen LogP contribution in [0.5, 0.6) is 0 Å². The number of benzene rings is 1. The van der Waals surface area contributed by atoms with Gasteiger partial charge in [0.1, 0.15) is 5.82 Å². The molecule has 2 amide bonds. The molecular weight excluding hydrogens is 309 g/mol. The third-order valence-corrected chi connectivity index (χ3v) is 4.88. The minimum absolute atomic E-state index is 0.0135. The molecule has 0 spiro atoms. The maximum Gasteiger partial charge on any atom is 0.243 e. The first-order chi connectivity index (χ1) is 11.6. The zero-order valence-electron chi connectivity index (χ0n) is 13.8. The lowest BCUT2D eigenvalue weighted by Crippen LogP contribution is -2.37. The Kier molecular flexibility index (Phi) is 5.45. The minimum atomic E-state index is -0.396. The van der Waals surface area contributed by atoms with Crippen molar-refractivity contribution >= 4 is 17.5 Å². The predicted molar refractivity (Wildman–Crippen MR) is 90.0 cm³/mol. The lowest BCUT2D eigenvalue weighted by atomic mass is 9.89. The number of hydrogen-bond donors (Lipinski definition) is 3. The fraction of sp³-hybridized carbons (Fsp3) is 0.556. The highest BCUT2D eigenvalue weighted by molar-refractivity contribution is 5.95. The summed E-state index contributed by atoms with van der Waals surface area (Å²) < 4.78 is 14.5. The molecular formula is C18H24FN3O2. The first-order valence-electron chi connectivity index (χ1n) is 8.73. The Morgan fingerprint density at radius 2 is 2.00 bits per heavy atom. The van der Waals surface area contributed by atoms with Crippen LogP contribution in [0.2, 0.25) is 0 Å². The monoisotopic (exact) mass is 333 g/mol. The van der Waals surface area contributed by atoms with Gasteiger partial charge >= 0.3 is 0 Å². The number of anilines is 1. The molecule has 1 heterocycles. The highest BCUT2D eigenvalue weighted by Crippen LogP contribution is 2.25. The molecule has 1 fully saturated rings. The topological polar surface area (TPSA) is 70.2 Å². The molecule has 0 atom stereocenters. The van der Waals surface area contributed by atoms with E-state index < -0.39 is 5.91 Å². The molecule has 130 valence electrons. The van der Waals surface area contributed by atoms with E-state index in [0.29, 0.717) is 18.5 Å². The van der Waals surface area contributed by atoms with Gasteiger partial charge in [0.25, 0.3) is 0 Å². The summed E-state index contributed by atoms with van der Waals surface area (Å²) in [6, 6.07) is 3.42. The van der Waals surface area contributed by atoms with Crippen LogP contribution in [-0.2, 0) is 22.6 Å². The second kappa shape index (κ2) is 7.75. The van der Waals surface area contributed by atoms with Gasteiger partial charge in [-0.2, -0.15) is 0 Å². The maximum absolute atomic E-state index is 14.5. The lowest BCUT2D eigenvalue weighted by Gasteiger charge is -2.21. The fourth-order valence-corrected chi connectivity index (χ4v) is 3.50. The van der Waals surface area contributed by atoms with E-state index in [9.17, 15) is 14.0 Å². The first-order valence-corrected chi connectivity index (χ1v) is 8.73. The van der Waals surface area contributed by atoms with Crippen molar-refractivity contribution in [2.75, 3.05) is 18.4 Å². The van der Waals surface area contributed by atoms with Crippen LogP contribution < -0.4 is 16.0 Å². The zero-order chi connectivity index (χ0) is 16.9. The number of nitrogens with one attached hydrogen (secondary N) is 3. The Labute approximate surface area is 141 Å². The van der Waals surface area contributed by atoms with E-state index in [4.69, 9.17) is 0 Å². The summed E-state index contributed by atoms with van der Waals surface area (Å²) in [5.74, 6) is -0.811. The molecule has 1 aliphatic carbocycles. The number of rotatable bonds is 4. The second-order valence-corrected chi connectivity index (χ2v) is 6.59. The number of carbonyl (C=O) groups excluding carboxylic acids is 2. The van der Waals surface area contributed by atoms with Crippen LogP contribution in [0.1, 0.15) is 43.2 Å². The van der Waals surface area contributed by atoms with Gasteiger partial charge in [0, 0.05) is 12.5 Å². The van der Waals surface area contributed by atoms with Gasteiger partial charge in [-0.3, -0.25) is 9.59 Å². The molecule has 0 unspecified atom stereocenters. The van der Waals surface area contributed by atoms with E-state index >= 15 is 0 Å². The molecule has 0 saturated heterocycles. The molecule has 5 nitrogen and oxygen atoms in total. The summed E-state index contributed by atoms with van der Waals surface area (Å²) in [7, 11) is 0. The third-order valence-electron chi connectivity index (χ3n) is 4.88. The van der Waals surface area contributed by atoms with Crippen molar-refractivity contribution in [1.82, 2.24) is 10.6 Å². The zero-order valence-corrected chi connectivity index (χ0v) is 13.8. The second-order valence-electron chi connectivity index (χ2n) is 6.59. The third kappa shape index (κ3) is 3.93. The van der Waals surface area contributed by atoms with Gasteiger partial charge in [0.15, 0.2) is 0 Å². The van der Waals surface area contributed by atoms with E-state index in [1.807, 2.05) is 6.07 Å². The lowest BCUT2D eigenvalue weighted by molar-refractivity contribution is -0.128. The molecule has 1 aromatic carbocycles. The molecule has 0 bridgehead atoms. The quantitative estimate of drug-likeness (QED) is 0.790. The van der Waals surface area contributed by atoms with E-state index in [2.05, 4.69) is 16.0 Å². The number of fused-ring (bicyclic) bond motifs is 1. The van der Waals surface area contributed by atoms with Crippen LogP contribution >= 0.6 is 0 Å². The molecule has 1 saturated carbocycles. The van der Waals surface area contributed by atoms with Gasteiger partial charge in [0.05, 0.1) is 12.2 Å². The predicted octanol–water partition coefficient (Wildman–Crippen LogP) is 2.11. The van der Waals surface area contributed by atoms with Crippen molar-refractivity contribution in [2.24, 2.45) is 5.92 Å². The van der Waals surface area contributed by atoms with Crippen molar-refractivity contribution in [3.05, 3.63) is 29.1 Å². The molecule has 3 N–H and O–H groups in total. The smallest absolute Gasteiger partial charge is 0.243 e. The number of hydrogen-bond acceptors (Lipinski definition) is 3. The highest BCUT2D eigenvalue weighted by Gasteiger charge is 2.22. The fourth-order valence-electron chi connectivity index (χ4n) is 3.50. The van der Waals surface area contributed by atoms with Crippen LogP contribution in [0, 0.1) is 11.7 Å². The van der Waals surface area contributed by atoms with E-state index in [1.54, 1.807) is 6.07 Å². The Morgan fingerprint density at radius 1 is 1.21 bits per heavy atom. The van der Waals surface area contributed by atoms with E-state index in [1.165, 1.54) is 6.42 Å². The van der Waals surface area contributed by atoms with Crippen LogP contribution in [-0.4, -0.2) is 24.9 Å². The van der Waals surface area contributed by atoms with E-state index in [0.717, 1.165) is 37.8 Å². The number of halogens is 1. The van der Waals surface area contributed by atoms with E-state index in [-0.39, 0.29) is 29.9 Å². The summed E-state index contributed by atoms with van der Waals surface area (Å²) in [6.07, 6.45) is 5.71. The summed E-state index contributed by atoms with van der Waals surface area (Å²) in [4.78, 5) is 24.1. The maximum atomic E-state index is 14.5. The Balaban J connectivity index is 1.54. The molecule has 3 rings (SSSR count). The van der Waals surface area contributed by atoms with Crippen LogP contribution in [0.4, 0.5) is 10.1 Å². The Bertz CT molecular complexity index is 627. The standard InChI is InChI=1S/C18H24FN3O2/c19-17-14-8-9-20-10-13(14)6-7-15(17)22-16(23)11-21-18(24)12-4-2-1-3-5-12/h6-7,12,20H,1-5,8-11H2,(H,21,24)(H,22,23). The SMILES string of the molecule is O=C(CNC(=O)C1CCCCC1)Nc1ccc2c(c1F)CCNC2. The molecule has 0 aromatic heterocycles. The average molecular weight is 333 g/mol. The summed E-state index contributed by atoms with van der Waals surface area (Å²) in [5, 5.41) is 8.43. The van der Waals surface area contributed by atoms with Gasteiger partial charge in [-0.05, 0) is 43.0 Å². The molecule has 6 heteroatoms. The molecule has 1 aromatic rings. The summed E-state index contributed by atoms with van der Waals surface area (Å²) in [5.41, 5.74) is 1.78. The minimum Gasteiger partial charge on any atom is -0.347 e. The summed E-state index contributed by atoms with van der Waals surface area (Å²) >= 11 is 0. The van der Waals surface area contributed by atoms with Gasteiger partial charge in [-0.1, -0.05) is 25.3 Å². The largest absolute Gasteiger partial charge is 0.347 e. The molecule has 1 aliphatic heterocycles. The highest BCUT2D eigenvalue weighted by atomic mass is 19.1. The van der Waals surface area contributed by atoms with Crippen molar-refractivity contribution in [1.29, 1.82) is 0 Å². The van der Waals surface area contributed by atoms with Crippen LogP contribution in [0.15, 0.2) is 12.1 Å². The Morgan fingerprint density at radius 3 is 2.79 bits per heavy atom. The molecule has 0 radical (unpaired) electrons. The number of carbonyl (C=O) groups is 2. The first kappa shape index (κ1) is 16.9. The van der Waals surface area contributed by atoms with Crippen molar-refractivity contribution < 1.29 is 14.0 Å².